The molecule has 6 N–H and O–H groups in total. The Morgan fingerprint density at radius 1 is 0.842 bits per heavy atom. The van der Waals surface area contributed by atoms with E-state index in [4.69, 9.17) is 23.7 Å². The maximum Gasteiger partial charge on any atom is 0.217 e. The molecule has 2 aliphatic heterocycles. The van der Waals surface area contributed by atoms with Crippen LogP contribution in [0.15, 0.2) is 0 Å². The molecule has 12 nitrogen and oxygen atoms in total. The van der Waals surface area contributed by atoms with Crippen molar-refractivity contribution in [3.05, 3.63) is 0 Å². The summed E-state index contributed by atoms with van der Waals surface area (Å²) >= 11 is 0. The van der Waals surface area contributed by atoms with Crippen LogP contribution in [-0.2, 0) is 28.5 Å². The minimum Gasteiger partial charge on any atom is -0.394 e. The summed E-state index contributed by atoms with van der Waals surface area (Å²) in [7, 11) is 0. The van der Waals surface area contributed by atoms with E-state index in [1.807, 2.05) is 13.8 Å². The van der Waals surface area contributed by atoms with Crippen LogP contribution in [-0.4, -0.2) is 119 Å². The largest absolute Gasteiger partial charge is 0.394 e. The molecule has 0 saturated carbocycles. The van der Waals surface area contributed by atoms with Crippen LogP contribution in [0.3, 0.4) is 0 Å². The average Bonchev–Trinajstić information content (AvgIpc) is 2.87. The molecule has 0 bridgehead atoms. The summed E-state index contributed by atoms with van der Waals surface area (Å²) in [6.07, 6.45) is -4.94. The highest BCUT2D eigenvalue weighted by Crippen LogP contribution is 2.31. The van der Waals surface area contributed by atoms with Crippen molar-refractivity contribution in [1.82, 2.24) is 5.32 Å². The third-order valence-corrected chi connectivity index (χ3v) is 6.74. The molecule has 0 radical (unpaired) electrons. The molecule has 0 aromatic heterocycles. The number of nitrogens with one attached hydrogen (secondary N) is 1. The van der Waals surface area contributed by atoms with Gasteiger partial charge in [-0.25, -0.2) is 0 Å². The summed E-state index contributed by atoms with van der Waals surface area (Å²) in [4.78, 5) is 12.1. The van der Waals surface area contributed by atoms with E-state index in [2.05, 4.69) is 12.2 Å². The number of rotatable bonds is 16. The van der Waals surface area contributed by atoms with Crippen LogP contribution in [0.25, 0.3) is 0 Å². The van der Waals surface area contributed by atoms with Gasteiger partial charge in [0.2, 0.25) is 5.91 Å². The zero-order valence-electron chi connectivity index (χ0n) is 23.1. The molecule has 2 aliphatic rings. The SMILES string of the molecule is CCCCCCCCO[C@@H]1O[C@H](CO)[C@@H](O)[C@H](O[C@@H]2O[C@H](CO)[C@H](O)[C@H](O)[C@H]2OCC(C)C)[C@H]1NC(C)=O. The van der Waals surface area contributed by atoms with Crippen LogP contribution in [0, 0.1) is 5.92 Å². The Kier molecular flexibility index (Phi) is 14.9. The number of hydrogen-bond acceptors (Lipinski definition) is 11. The van der Waals surface area contributed by atoms with E-state index in [0.717, 1.165) is 32.1 Å². The smallest absolute Gasteiger partial charge is 0.217 e. The molecule has 0 aliphatic carbocycles. The molecule has 0 spiro atoms. The van der Waals surface area contributed by atoms with Crippen LogP contribution in [0.2, 0.25) is 0 Å². The third-order valence-electron chi connectivity index (χ3n) is 6.74. The number of aliphatic hydroxyl groups excluding tert-OH is 5. The second-order valence-corrected chi connectivity index (χ2v) is 10.6. The molecule has 2 rings (SSSR count). The van der Waals surface area contributed by atoms with Gasteiger partial charge in [-0.05, 0) is 12.3 Å². The second-order valence-electron chi connectivity index (χ2n) is 10.6. The minimum atomic E-state index is -1.45. The fourth-order valence-electron chi connectivity index (χ4n) is 4.64. The summed E-state index contributed by atoms with van der Waals surface area (Å²) in [5.41, 5.74) is 0. The molecule has 2 fully saturated rings. The van der Waals surface area contributed by atoms with Gasteiger partial charge in [-0.15, -0.1) is 0 Å². The molecule has 0 aromatic carbocycles. The topological polar surface area (TPSA) is 176 Å². The summed E-state index contributed by atoms with van der Waals surface area (Å²) in [6.45, 7) is 6.70. The fourth-order valence-corrected chi connectivity index (χ4v) is 4.64. The molecule has 224 valence electrons. The summed E-state index contributed by atoms with van der Waals surface area (Å²) in [5, 5.41) is 54.4. The molecule has 2 heterocycles. The Morgan fingerprint density at radius 2 is 1.45 bits per heavy atom. The minimum absolute atomic E-state index is 0.0925. The van der Waals surface area contributed by atoms with E-state index in [1.54, 1.807) is 0 Å². The maximum atomic E-state index is 12.1. The Morgan fingerprint density at radius 3 is 2.05 bits per heavy atom. The molecule has 38 heavy (non-hydrogen) atoms. The molecule has 10 atom stereocenters. The molecule has 2 saturated heterocycles. The van der Waals surface area contributed by atoms with E-state index >= 15 is 0 Å². The van der Waals surface area contributed by atoms with Crippen molar-refractivity contribution >= 4 is 5.91 Å². The normalized spacial score (nSPS) is 35.9. The Hall–Kier alpha value is -0.930. The Labute approximate surface area is 225 Å². The standard InChI is InChI=1S/C26H49NO11/c1-5-6-7-8-9-10-11-34-25-19(27-16(4)30)23(21(32)18(13-29)36-25)38-26-24(35-14-15(2)3)22(33)20(31)17(12-28)37-26/h15,17-26,28-29,31-33H,5-14H2,1-4H3,(H,27,30)/t17-,18-,19-,20+,21-,22+,23-,24-,25-,26+/m1/s1. The van der Waals surface area contributed by atoms with E-state index in [-0.39, 0.29) is 12.5 Å². The lowest BCUT2D eigenvalue weighted by Gasteiger charge is -2.48. The second kappa shape index (κ2) is 17.0. The summed E-state index contributed by atoms with van der Waals surface area (Å²) < 4.78 is 29.4. The van der Waals surface area contributed by atoms with Crippen molar-refractivity contribution in [3.8, 4) is 0 Å². The zero-order chi connectivity index (χ0) is 28.2. The number of carbonyl (C=O) groups is 1. The van der Waals surface area contributed by atoms with Gasteiger partial charge in [0, 0.05) is 20.1 Å². The predicted octanol–water partition coefficient (Wildman–Crippen LogP) is -0.188. The number of ether oxygens (including phenoxy) is 5. The average molecular weight is 552 g/mol. The van der Waals surface area contributed by atoms with Gasteiger partial charge < -0.3 is 54.5 Å². The quantitative estimate of drug-likeness (QED) is 0.140. The van der Waals surface area contributed by atoms with Crippen LogP contribution in [0.5, 0.6) is 0 Å². The van der Waals surface area contributed by atoms with Crippen LogP contribution in [0.4, 0.5) is 0 Å². The number of unbranched alkanes of at least 4 members (excludes halogenated alkanes) is 5. The highest BCUT2D eigenvalue weighted by atomic mass is 16.7. The number of amides is 1. The van der Waals surface area contributed by atoms with Gasteiger partial charge >= 0.3 is 0 Å². The predicted molar refractivity (Wildman–Crippen MR) is 136 cm³/mol. The van der Waals surface area contributed by atoms with Crippen LogP contribution < -0.4 is 5.32 Å². The van der Waals surface area contributed by atoms with E-state index < -0.39 is 80.5 Å². The van der Waals surface area contributed by atoms with Crippen molar-refractivity contribution in [1.29, 1.82) is 0 Å². The summed E-state index contributed by atoms with van der Waals surface area (Å²) in [6, 6.07) is -0.990. The lowest BCUT2D eigenvalue weighted by Crippen LogP contribution is -2.68. The van der Waals surface area contributed by atoms with Crippen LogP contribution in [0.1, 0.15) is 66.2 Å². The van der Waals surface area contributed by atoms with Gasteiger partial charge in [0.25, 0.3) is 0 Å². The Balaban J connectivity index is 2.21. The van der Waals surface area contributed by atoms with Crippen molar-refractivity contribution in [2.45, 2.75) is 128 Å². The molecule has 0 aromatic rings. The first kappa shape index (κ1) is 33.3. The van der Waals surface area contributed by atoms with Gasteiger partial charge in [0.05, 0.1) is 13.2 Å². The van der Waals surface area contributed by atoms with Gasteiger partial charge in [-0.1, -0.05) is 52.9 Å². The van der Waals surface area contributed by atoms with Crippen molar-refractivity contribution in [2.75, 3.05) is 26.4 Å². The maximum absolute atomic E-state index is 12.1. The van der Waals surface area contributed by atoms with Gasteiger partial charge in [0.15, 0.2) is 12.6 Å². The third kappa shape index (κ3) is 9.61. The van der Waals surface area contributed by atoms with E-state index in [9.17, 15) is 30.3 Å². The van der Waals surface area contributed by atoms with Crippen molar-refractivity contribution in [2.24, 2.45) is 5.92 Å². The highest BCUT2D eigenvalue weighted by Gasteiger charge is 2.52. The van der Waals surface area contributed by atoms with Gasteiger partial charge in [-0.2, -0.15) is 0 Å². The lowest BCUT2D eigenvalue weighted by atomic mass is 9.95. The summed E-state index contributed by atoms with van der Waals surface area (Å²) in [5.74, 6) is -0.328. The highest BCUT2D eigenvalue weighted by molar-refractivity contribution is 5.73. The Bertz CT molecular complexity index is 669. The first-order chi connectivity index (χ1) is 18.1. The van der Waals surface area contributed by atoms with Crippen molar-refractivity contribution in [3.63, 3.8) is 0 Å². The molecular formula is C26H49NO11. The molecular weight excluding hydrogens is 502 g/mol. The first-order valence-corrected chi connectivity index (χ1v) is 13.9. The fraction of sp³-hybridized carbons (Fsp3) is 0.962. The van der Waals surface area contributed by atoms with E-state index in [0.29, 0.717) is 6.61 Å². The number of hydrogen-bond donors (Lipinski definition) is 6. The number of aliphatic hydroxyl groups is 5. The van der Waals surface area contributed by atoms with E-state index in [1.165, 1.54) is 13.3 Å². The lowest BCUT2D eigenvalue weighted by molar-refractivity contribution is -0.350. The monoisotopic (exact) mass is 551 g/mol. The molecule has 12 heteroatoms. The zero-order valence-corrected chi connectivity index (χ0v) is 23.1. The molecule has 1 amide bonds. The first-order valence-electron chi connectivity index (χ1n) is 13.9. The van der Waals surface area contributed by atoms with Gasteiger partial charge in [-0.3, -0.25) is 4.79 Å². The van der Waals surface area contributed by atoms with Gasteiger partial charge in [0.1, 0.15) is 48.8 Å². The number of carbonyl (C=O) groups excluding carboxylic acids is 1. The van der Waals surface area contributed by atoms with Crippen LogP contribution >= 0.6 is 0 Å². The van der Waals surface area contributed by atoms with Crippen molar-refractivity contribution < 1.29 is 54.0 Å². The molecule has 0 unspecified atom stereocenters.